The van der Waals surface area contributed by atoms with Crippen molar-refractivity contribution in [3.05, 3.63) is 22.8 Å². The zero-order valence-electron chi connectivity index (χ0n) is 7.80. The van der Waals surface area contributed by atoms with Gasteiger partial charge in [0.25, 0.3) is 0 Å². The van der Waals surface area contributed by atoms with E-state index in [2.05, 4.69) is 15.3 Å². The minimum absolute atomic E-state index is 0.746. The normalized spacial score (nSPS) is 20.4. The molecule has 0 aromatic carbocycles. The lowest BCUT2D eigenvalue weighted by atomic mass is 10.1. The summed E-state index contributed by atoms with van der Waals surface area (Å²) < 4.78 is 0. The van der Waals surface area contributed by atoms with Gasteiger partial charge in [0.2, 0.25) is 0 Å². The van der Waals surface area contributed by atoms with Crippen LogP contribution in [0.25, 0.3) is 0 Å². The molecule has 1 aromatic rings. The van der Waals surface area contributed by atoms with Crippen molar-refractivity contribution in [2.24, 2.45) is 0 Å². The Bertz CT molecular complexity index is 355. The zero-order chi connectivity index (χ0) is 8.84. The Kier molecular flexibility index (Phi) is 1.44. The van der Waals surface area contributed by atoms with Gasteiger partial charge in [0.05, 0.1) is 11.4 Å². The second-order valence-corrected chi connectivity index (χ2v) is 3.96. The van der Waals surface area contributed by atoms with Crippen LogP contribution in [-0.4, -0.2) is 9.97 Å². The van der Waals surface area contributed by atoms with E-state index in [-0.39, 0.29) is 0 Å². The highest BCUT2D eigenvalue weighted by molar-refractivity contribution is 5.33. The summed E-state index contributed by atoms with van der Waals surface area (Å²) in [6, 6.07) is 0. The molecule has 2 heterocycles. The molecule has 1 aliphatic carbocycles. The fraction of sp³-hybridized carbons (Fsp3) is 0.600. The van der Waals surface area contributed by atoms with Crippen LogP contribution in [0.1, 0.15) is 41.5 Å². The molecule has 0 atom stereocenters. The predicted octanol–water partition coefficient (Wildman–Crippen LogP) is 1.27. The van der Waals surface area contributed by atoms with Crippen LogP contribution in [0, 0.1) is 6.92 Å². The van der Waals surface area contributed by atoms with Crippen molar-refractivity contribution < 1.29 is 0 Å². The van der Waals surface area contributed by atoms with Crippen LogP contribution < -0.4 is 5.32 Å². The van der Waals surface area contributed by atoms with Crippen LogP contribution in [0.3, 0.4) is 0 Å². The SMILES string of the molecule is Cc1nc2c(c(C3CC3)n1)CNC2. The number of rotatable bonds is 1. The second kappa shape index (κ2) is 2.51. The van der Waals surface area contributed by atoms with E-state index in [0.29, 0.717) is 0 Å². The summed E-state index contributed by atoms with van der Waals surface area (Å²) in [5, 5.41) is 3.34. The first-order valence-corrected chi connectivity index (χ1v) is 4.91. The molecule has 13 heavy (non-hydrogen) atoms. The van der Waals surface area contributed by atoms with Crippen molar-refractivity contribution in [2.75, 3.05) is 0 Å². The lowest BCUT2D eigenvalue weighted by molar-refractivity contribution is 0.755. The van der Waals surface area contributed by atoms with Crippen molar-refractivity contribution >= 4 is 0 Å². The molecule has 0 unspecified atom stereocenters. The Morgan fingerprint density at radius 2 is 2.08 bits per heavy atom. The Morgan fingerprint density at radius 3 is 2.85 bits per heavy atom. The van der Waals surface area contributed by atoms with Crippen molar-refractivity contribution in [3.63, 3.8) is 0 Å². The number of aromatic nitrogens is 2. The summed E-state index contributed by atoms with van der Waals surface area (Å²) in [6.07, 6.45) is 2.64. The molecule has 3 heteroatoms. The quantitative estimate of drug-likeness (QED) is 0.698. The summed E-state index contributed by atoms with van der Waals surface area (Å²) in [6.45, 7) is 3.89. The minimum atomic E-state index is 0.746. The van der Waals surface area contributed by atoms with Gasteiger partial charge in [-0.15, -0.1) is 0 Å². The zero-order valence-corrected chi connectivity index (χ0v) is 7.80. The monoisotopic (exact) mass is 175 g/mol. The average Bonchev–Trinajstić information content (AvgIpc) is 2.84. The summed E-state index contributed by atoms with van der Waals surface area (Å²) in [5.41, 5.74) is 3.94. The number of fused-ring (bicyclic) bond motifs is 1. The van der Waals surface area contributed by atoms with E-state index < -0.39 is 0 Å². The van der Waals surface area contributed by atoms with Crippen LogP contribution in [0.4, 0.5) is 0 Å². The number of hydrogen-bond acceptors (Lipinski definition) is 3. The van der Waals surface area contributed by atoms with Gasteiger partial charge in [0, 0.05) is 24.6 Å². The van der Waals surface area contributed by atoms with Gasteiger partial charge in [0.1, 0.15) is 5.82 Å². The van der Waals surface area contributed by atoms with Crippen molar-refractivity contribution in [3.8, 4) is 0 Å². The van der Waals surface area contributed by atoms with Gasteiger partial charge in [-0.25, -0.2) is 9.97 Å². The third-order valence-corrected chi connectivity index (χ3v) is 2.79. The van der Waals surface area contributed by atoms with Gasteiger partial charge in [0.15, 0.2) is 0 Å². The molecule has 0 radical (unpaired) electrons. The number of nitrogens with zero attached hydrogens (tertiary/aromatic N) is 2. The van der Waals surface area contributed by atoms with E-state index in [4.69, 9.17) is 0 Å². The topological polar surface area (TPSA) is 37.8 Å². The molecule has 2 aliphatic rings. The average molecular weight is 175 g/mol. The molecule has 3 rings (SSSR count). The lowest BCUT2D eigenvalue weighted by Crippen LogP contribution is -2.02. The molecular formula is C10H13N3. The van der Waals surface area contributed by atoms with Gasteiger partial charge in [-0.3, -0.25) is 0 Å². The molecule has 1 aromatic heterocycles. The summed E-state index contributed by atoms with van der Waals surface area (Å²) in [4.78, 5) is 9.01. The first-order chi connectivity index (χ1) is 6.34. The molecule has 0 saturated heterocycles. The molecule has 1 N–H and O–H groups in total. The van der Waals surface area contributed by atoms with Gasteiger partial charge in [-0.1, -0.05) is 0 Å². The largest absolute Gasteiger partial charge is 0.307 e. The third kappa shape index (κ3) is 1.15. The standard InChI is InChI=1S/C10H13N3/c1-6-12-9-5-11-4-8(9)10(13-6)7-2-3-7/h7,11H,2-5H2,1H3. The molecule has 0 amide bonds. The fourth-order valence-corrected chi connectivity index (χ4v) is 2.02. The molecule has 3 nitrogen and oxygen atoms in total. The number of nitrogens with one attached hydrogen (secondary N) is 1. The predicted molar refractivity (Wildman–Crippen MR) is 49.3 cm³/mol. The first kappa shape index (κ1) is 7.44. The number of hydrogen-bond donors (Lipinski definition) is 1. The molecule has 1 saturated carbocycles. The minimum Gasteiger partial charge on any atom is -0.307 e. The Balaban J connectivity index is 2.16. The maximum atomic E-state index is 4.56. The lowest BCUT2D eigenvalue weighted by Gasteiger charge is -2.05. The molecule has 1 fully saturated rings. The van der Waals surface area contributed by atoms with Crippen LogP contribution in [0.2, 0.25) is 0 Å². The maximum absolute atomic E-state index is 4.56. The summed E-state index contributed by atoms with van der Waals surface area (Å²) in [7, 11) is 0. The molecule has 1 aliphatic heterocycles. The number of aryl methyl sites for hydroxylation is 1. The Labute approximate surface area is 77.6 Å². The molecule has 68 valence electrons. The Hall–Kier alpha value is -0.960. The van der Waals surface area contributed by atoms with E-state index in [1.165, 1.54) is 29.8 Å². The fourth-order valence-electron chi connectivity index (χ4n) is 2.02. The summed E-state index contributed by atoms with van der Waals surface area (Å²) >= 11 is 0. The van der Waals surface area contributed by atoms with Crippen molar-refractivity contribution in [1.82, 2.24) is 15.3 Å². The molecule has 0 bridgehead atoms. The van der Waals surface area contributed by atoms with E-state index in [9.17, 15) is 0 Å². The van der Waals surface area contributed by atoms with Crippen LogP contribution >= 0.6 is 0 Å². The van der Waals surface area contributed by atoms with E-state index in [1.807, 2.05) is 6.92 Å². The molecule has 0 spiro atoms. The highest BCUT2D eigenvalue weighted by atomic mass is 15.0. The van der Waals surface area contributed by atoms with Crippen molar-refractivity contribution in [1.29, 1.82) is 0 Å². The van der Waals surface area contributed by atoms with Gasteiger partial charge < -0.3 is 5.32 Å². The van der Waals surface area contributed by atoms with E-state index in [0.717, 1.165) is 24.8 Å². The third-order valence-electron chi connectivity index (χ3n) is 2.79. The van der Waals surface area contributed by atoms with E-state index >= 15 is 0 Å². The van der Waals surface area contributed by atoms with Gasteiger partial charge in [-0.2, -0.15) is 0 Å². The van der Waals surface area contributed by atoms with Crippen molar-refractivity contribution in [2.45, 2.75) is 38.8 Å². The van der Waals surface area contributed by atoms with E-state index in [1.54, 1.807) is 0 Å². The smallest absolute Gasteiger partial charge is 0.125 e. The molecular weight excluding hydrogens is 162 g/mol. The highest BCUT2D eigenvalue weighted by Crippen LogP contribution is 2.41. The van der Waals surface area contributed by atoms with Gasteiger partial charge >= 0.3 is 0 Å². The second-order valence-electron chi connectivity index (χ2n) is 3.96. The van der Waals surface area contributed by atoms with Crippen LogP contribution in [0.5, 0.6) is 0 Å². The Morgan fingerprint density at radius 1 is 1.23 bits per heavy atom. The van der Waals surface area contributed by atoms with Gasteiger partial charge in [-0.05, 0) is 19.8 Å². The summed E-state index contributed by atoms with van der Waals surface area (Å²) in [5.74, 6) is 1.68. The van der Waals surface area contributed by atoms with Crippen LogP contribution in [0.15, 0.2) is 0 Å². The first-order valence-electron chi connectivity index (χ1n) is 4.91. The maximum Gasteiger partial charge on any atom is 0.125 e. The highest BCUT2D eigenvalue weighted by Gasteiger charge is 2.30. The van der Waals surface area contributed by atoms with Crippen LogP contribution in [-0.2, 0) is 13.1 Å².